The minimum absolute atomic E-state index is 0. The zero-order chi connectivity index (χ0) is 14.7. The van der Waals surface area contributed by atoms with Crippen molar-refractivity contribution in [3.63, 3.8) is 0 Å². The second kappa shape index (κ2) is 7.90. The van der Waals surface area contributed by atoms with E-state index in [1.165, 1.54) is 11.1 Å². The van der Waals surface area contributed by atoms with Gasteiger partial charge in [-0.1, -0.05) is 18.1 Å². The van der Waals surface area contributed by atoms with Crippen LogP contribution in [0.15, 0.2) is 11.6 Å². The van der Waals surface area contributed by atoms with Crippen molar-refractivity contribution in [3.8, 4) is 0 Å². The van der Waals surface area contributed by atoms with Crippen molar-refractivity contribution < 1.29 is 42.6 Å². The molecule has 20 heavy (non-hydrogen) atoms. The van der Waals surface area contributed by atoms with Gasteiger partial charge in [0, 0.05) is 32.7 Å². The van der Waals surface area contributed by atoms with Crippen molar-refractivity contribution in [1.82, 2.24) is 0 Å². The Morgan fingerprint density at radius 2 is 1.65 bits per heavy atom. The molecule has 0 aromatic heterocycles. The van der Waals surface area contributed by atoms with Gasteiger partial charge in [-0.15, -0.1) is 25.5 Å². The molecule has 0 spiro atoms. The molecule has 0 aliphatic rings. The van der Waals surface area contributed by atoms with Crippen molar-refractivity contribution in [2.75, 3.05) is 0 Å². The Labute approximate surface area is 146 Å². The first kappa shape index (κ1) is 19.3. The molecule has 0 aliphatic heterocycles. The molecule has 0 saturated heterocycles. The standard InChI is InChI=1S/C17H20O2.Y/c1-7-10(2)15(9-17(18)19)16-8-11(3)12(4)13(5)14(16)6;/h8H,1-6H3,(H,18,19);/q-2;. The molecule has 1 aromatic rings. The summed E-state index contributed by atoms with van der Waals surface area (Å²) in [6.45, 7) is 11.8. The fraction of sp³-hybridized carbons (Fsp3) is 0.353. The maximum Gasteiger partial charge on any atom is 0.249 e. The van der Waals surface area contributed by atoms with Gasteiger partial charge in [0.15, 0.2) is 0 Å². The molecule has 3 heteroatoms. The number of carboxylic acid groups (broad SMARTS) is 1. The van der Waals surface area contributed by atoms with Gasteiger partial charge in [0.05, 0.1) is 0 Å². The molecule has 1 aromatic carbocycles. The van der Waals surface area contributed by atoms with E-state index in [0.717, 1.165) is 22.3 Å². The zero-order valence-electron chi connectivity index (χ0n) is 13.0. The summed E-state index contributed by atoms with van der Waals surface area (Å²) in [6, 6.07) is 2.03. The summed E-state index contributed by atoms with van der Waals surface area (Å²) in [5.41, 5.74) is 7.04. The monoisotopic (exact) mass is 345 g/mol. The average molecular weight is 345 g/mol. The molecule has 1 radical (unpaired) electrons. The van der Waals surface area contributed by atoms with Gasteiger partial charge in [-0.3, -0.25) is 4.79 Å². The topological polar surface area (TPSA) is 37.3 Å². The fourth-order valence-electron chi connectivity index (χ4n) is 2.07. The van der Waals surface area contributed by atoms with Gasteiger partial charge in [0.2, 0.25) is 5.97 Å². The van der Waals surface area contributed by atoms with Crippen LogP contribution in [-0.2, 0) is 37.5 Å². The van der Waals surface area contributed by atoms with Crippen LogP contribution in [0.4, 0.5) is 0 Å². The third kappa shape index (κ3) is 4.13. The summed E-state index contributed by atoms with van der Waals surface area (Å²) in [7, 11) is 0. The second-order valence-electron chi connectivity index (χ2n) is 4.80. The Balaban J connectivity index is 0.00000361. The first-order valence-corrected chi connectivity index (χ1v) is 6.26. The van der Waals surface area contributed by atoms with Gasteiger partial charge in [-0.25, -0.2) is 5.56 Å². The summed E-state index contributed by atoms with van der Waals surface area (Å²) < 4.78 is 0. The third-order valence-corrected chi connectivity index (χ3v) is 3.73. The number of carbonyl (C=O) groups is 1. The molecule has 0 aliphatic carbocycles. The Hall–Kier alpha value is -0.726. The van der Waals surface area contributed by atoms with E-state index >= 15 is 0 Å². The largest absolute Gasteiger partial charge is 0.489 e. The van der Waals surface area contributed by atoms with E-state index in [2.05, 4.69) is 26.0 Å². The summed E-state index contributed by atoms with van der Waals surface area (Å²) in [6.07, 6.45) is 5.50. The average Bonchev–Trinajstić information content (AvgIpc) is 2.37. The van der Waals surface area contributed by atoms with Crippen LogP contribution < -0.4 is 0 Å². The van der Waals surface area contributed by atoms with E-state index in [-0.39, 0.29) is 32.7 Å². The molecule has 0 amide bonds. The minimum Gasteiger partial charge on any atom is -0.489 e. The zero-order valence-corrected chi connectivity index (χ0v) is 15.8. The predicted octanol–water partition coefficient (Wildman–Crippen LogP) is 3.96. The summed E-state index contributed by atoms with van der Waals surface area (Å²) in [4.78, 5) is 11.0. The van der Waals surface area contributed by atoms with Crippen LogP contribution in [0.25, 0.3) is 5.57 Å². The first-order valence-electron chi connectivity index (χ1n) is 6.26. The van der Waals surface area contributed by atoms with Crippen LogP contribution in [0, 0.1) is 39.8 Å². The molecule has 0 unspecified atom stereocenters. The summed E-state index contributed by atoms with van der Waals surface area (Å²) in [5.74, 6) is -1.06. The molecule has 105 valence electrons. The fourth-order valence-corrected chi connectivity index (χ4v) is 2.07. The SMILES string of the molecule is C[C-]=C(C)C(=[C-]C(=O)O)c1cc(C)c(C)c(C)c1C.[Y]. The van der Waals surface area contributed by atoms with E-state index in [9.17, 15) is 4.79 Å². The molecule has 1 N–H and O–H groups in total. The third-order valence-electron chi connectivity index (χ3n) is 3.73. The Morgan fingerprint density at radius 3 is 2.10 bits per heavy atom. The van der Waals surface area contributed by atoms with Crippen LogP contribution >= 0.6 is 0 Å². The van der Waals surface area contributed by atoms with Gasteiger partial charge in [0.1, 0.15) is 0 Å². The molecule has 0 saturated carbocycles. The van der Waals surface area contributed by atoms with E-state index in [1.54, 1.807) is 6.92 Å². The number of aryl methyl sites for hydroxylation is 1. The summed E-state index contributed by atoms with van der Waals surface area (Å²) in [5, 5.41) is 9.00. The number of carboxylic acids is 1. The second-order valence-corrected chi connectivity index (χ2v) is 4.80. The van der Waals surface area contributed by atoms with Crippen molar-refractivity contribution in [1.29, 1.82) is 0 Å². The maximum absolute atomic E-state index is 11.0. The van der Waals surface area contributed by atoms with Crippen LogP contribution in [-0.4, -0.2) is 11.1 Å². The van der Waals surface area contributed by atoms with Gasteiger partial charge >= 0.3 is 0 Å². The molecule has 0 fully saturated rings. The molecule has 0 atom stereocenters. The molecular weight excluding hydrogens is 325 g/mol. The minimum atomic E-state index is -1.06. The van der Waals surface area contributed by atoms with Crippen LogP contribution in [0.5, 0.6) is 0 Å². The van der Waals surface area contributed by atoms with E-state index in [0.29, 0.717) is 5.57 Å². The Morgan fingerprint density at radius 1 is 1.10 bits per heavy atom. The Kier molecular flexibility index (Phi) is 7.61. The van der Waals surface area contributed by atoms with Crippen molar-refractivity contribution >= 4 is 11.5 Å². The predicted molar refractivity (Wildman–Crippen MR) is 77.8 cm³/mol. The molecular formula is C17H20O2Y-2. The molecule has 1 rings (SSSR count). The number of allylic oxidation sites excluding steroid dienone is 3. The van der Waals surface area contributed by atoms with Gasteiger partial charge < -0.3 is 22.3 Å². The van der Waals surface area contributed by atoms with Gasteiger partial charge in [-0.2, -0.15) is 6.08 Å². The Bertz CT molecular complexity index is 581. The maximum atomic E-state index is 11.0. The number of rotatable bonds is 3. The van der Waals surface area contributed by atoms with Gasteiger partial charge in [0.25, 0.3) is 0 Å². The van der Waals surface area contributed by atoms with Gasteiger partial charge in [-0.05, 0) is 26.3 Å². The quantitative estimate of drug-likeness (QED) is 0.512. The van der Waals surface area contributed by atoms with Crippen molar-refractivity contribution in [2.45, 2.75) is 41.5 Å². The molecule has 0 heterocycles. The van der Waals surface area contributed by atoms with E-state index < -0.39 is 5.97 Å². The van der Waals surface area contributed by atoms with Crippen molar-refractivity contribution in [2.24, 2.45) is 0 Å². The smallest absolute Gasteiger partial charge is 0.249 e. The van der Waals surface area contributed by atoms with E-state index in [1.807, 2.05) is 26.8 Å². The number of benzene rings is 1. The van der Waals surface area contributed by atoms with Crippen molar-refractivity contribution in [3.05, 3.63) is 51.6 Å². The summed E-state index contributed by atoms with van der Waals surface area (Å²) >= 11 is 0. The molecule has 0 bridgehead atoms. The normalized spacial score (nSPS) is 12.1. The first-order chi connectivity index (χ1) is 8.79. The van der Waals surface area contributed by atoms with Crippen LogP contribution in [0.1, 0.15) is 41.7 Å². The van der Waals surface area contributed by atoms with E-state index in [4.69, 9.17) is 5.11 Å². The number of hydrogen-bond donors (Lipinski definition) is 1. The number of hydrogen-bond acceptors (Lipinski definition) is 1. The van der Waals surface area contributed by atoms with Crippen LogP contribution in [0.2, 0.25) is 0 Å². The number of aliphatic carboxylic acids is 1. The molecule has 2 nitrogen and oxygen atoms in total. The van der Waals surface area contributed by atoms with Crippen LogP contribution in [0.3, 0.4) is 0 Å².